The molecule has 0 radical (unpaired) electrons. The van der Waals surface area contributed by atoms with Gasteiger partial charge in [-0.1, -0.05) is 17.7 Å². The molecule has 0 atom stereocenters. The van der Waals surface area contributed by atoms with Gasteiger partial charge in [0.25, 0.3) is 10.0 Å². The number of halogens is 1. The van der Waals surface area contributed by atoms with Crippen LogP contribution in [0.4, 0.5) is 5.69 Å². The minimum Gasteiger partial charge on any atom is -0.285 e. The predicted molar refractivity (Wildman–Crippen MR) is 109 cm³/mol. The average molecular weight is 419 g/mol. The first-order valence-electron chi connectivity index (χ1n) is 8.03. The Morgan fingerprint density at radius 3 is 2.74 bits per heavy atom. The highest BCUT2D eigenvalue weighted by atomic mass is 35.5. The van der Waals surface area contributed by atoms with Crippen LogP contribution < -0.4 is 4.72 Å². The summed E-state index contributed by atoms with van der Waals surface area (Å²) in [4.78, 5) is 6.46. The van der Waals surface area contributed by atoms with E-state index in [4.69, 9.17) is 11.6 Å². The van der Waals surface area contributed by atoms with Gasteiger partial charge in [-0.15, -0.1) is 11.3 Å². The Morgan fingerprint density at radius 1 is 1.22 bits per heavy atom. The molecule has 3 aromatic heterocycles. The van der Waals surface area contributed by atoms with Crippen LogP contribution in [0.5, 0.6) is 0 Å². The fourth-order valence-electron chi connectivity index (χ4n) is 2.94. The molecule has 27 heavy (non-hydrogen) atoms. The van der Waals surface area contributed by atoms with E-state index in [1.807, 2.05) is 13.8 Å². The second kappa shape index (κ2) is 6.63. The van der Waals surface area contributed by atoms with Crippen LogP contribution in [0.3, 0.4) is 0 Å². The van der Waals surface area contributed by atoms with Gasteiger partial charge in [0.05, 0.1) is 16.8 Å². The maximum Gasteiger partial charge on any atom is 0.261 e. The van der Waals surface area contributed by atoms with Gasteiger partial charge in [0, 0.05) is 32.7 Å². The molecule has 9 heteroatoms. The number of hydrogen-bond donors (Lipinski definition) is 2. The van der Waals surface area contributed by atoms with Gasteiger partial charge in [0.2, 0.25) is 0 Å². The lowest BCUT2D eigenvalue weighted by Gasteiger charge is -2.11. The normalized spacial score (nSPS) is 11.8. The number of thiophene rings is 1. The number of anilines is 1. The van der Waals surface area contributed by atoms with Crippen molar-refractivity contribution in [3.63, 3.8) is 0 Å². The first-order chi connectivity index (χ1) is 12.8. The predicted octanol–water partition coefficient (Wildman–Crippen LogP) is 4.76. The summed E-state index contributed by atoms with van der Waals surface area (Å²) in [5.74, 6) is 0. The first-order valence-corrected chi connectivity index (χ1v) is 10.7. The SMILES string of the molecule is Cc1cc(NS(=O)(=O)c2cccc(Cl)c2)c2c(C)c(-c3cn[nH]c3)sc2n1. The van der Waals surface area contributed by atoms with Crippen LogP contribution in [0, 0.1) is 13.8 Å². The topological polar surface area (TPSA) is 87.7 Å². The van der Waals surface area contributed by atoms with E-state index in [0.717, 1.165) is 31.9 Å². The Kier molecular flexibility index (Phi) is 4.41. The molecule has 138 valence electrons. The number of hydrogen-bond acceptors (Lipinski definition) is 5. The molecule has 0 saturated heterocycles. The van der Waals surface area contributed by atoms with Gasteiger partial charge in [0.15, 0.2) is 0 Å². The molecule has 0 amide bonds. The number of nitrogens with one attached hydrogen (secondary N) is 2. The van der Waals surface area contributed by atoms with Crippen molar-refractivity contribution in [3.8, 4) is 10.4 Å². The summed E-state index contributed by atoms with van der Waals surface area (Å²) in [7, 11) is -3.78. The summed E-state index contributed by atoms with van der Waals surface area (Å²) in [6.45, 7) is 3.79. The number of nitrogens with zero attached hydrogens (tertiary/aromatic N) is 2. The van der Waals surface area contributed by atoms with Crippen LogP contribution in [0.1, 0.15) is 11.3 Å². The zero-order chi connectivity index (χ0) is 19.2. The number of pyridine rings is 1. The van der Waals surface area contributed by atoms with E-state index in [-0.39, 0.29) is 4.90 Å². The zero-order valence-corrected chi connectivity index (χ0v) is 16.8. The zero-order valence-electron chi connectivity index (χ0n) is 14.4. The van der Waals surface area contributed by atoms with E-state index in [0.29, 0.717) is 10.7 Å². The van der Waals surface area contributed by atoms with Gasteiger partial charge in [-0.2, -0.15) is 5.10 Å². The highest BCUT2D eigenvalue weighted by Gasteiger charge is 2.20. The van der Waals surface area contributed by atoms with Crippen LogP contribution in [0.15, 0.2) is 47.6 Å². The summed E-state index contributed by atoms with van der Waals surface area (Å²) in [5.41, 5.74) is 3.12. The van der Waals surface area contributed by atoms with Gasteiger partial charge >= 0.3 is 0 Å². The highest BCUT2D eigenvalue weighted by Crippen LogP contribution is 2.41. The molecule has 0 aliphatic rings. The summed E-state index contributed by atoms with van der Waals surface area (Å²) < 4.78 is 28.4. The van der Waals surface area contributed by atoms with E-state index in [2.05, 4.69) is 19.9 Å². The van der Waals surface area contributed by atoms with Crippen molar-refractivity contribution in [1.82, 2.24) is 15.2 Å². The third kappa shape index (κ3) is 3.31. The second-order valence-corrected chi connectivity index (χ2v) is 9.22. The van der Waals surface area contributed by atoms with E-state index in [1.54, 1.807) is 30.6 Å². The Balaban J connectivity index is 1.87. The van der Waals surface area contributed by atoms with Crippen LogP contribution >= 0.6 is 22.9 Å². The van der Waals surface area contributed by atoms with Gasteiger partial charge in [-0.3, -0.25) is 9.82 Å². The van der Waals surface area contributed by atoms with Gasteiger partial charge in [-0.05, 0) is 43.7 Å². The van der Waals surface area contributed by atoms with Gasteiger partial charge in [-0.25, -0.2) is 13.4 Å². The van der Waals surface area contributed by atoms with Gasteiger partial charge in [0.1, 0.15) is 4.83 Å². The molecule has 4 rings (SSSR count). The Bertz CT molecular complexity index is 1250. The molecule has 0 saturated carbocycles. The molecule has 0 spiro atoms. The fourth-order valence-corrected chi connectivity index (χ4v) is 5.53. The van der Waals surface area contributed by atoms with Crippen molar-refractivity contribution in [2.45, 2.75) is 18.7 Å². The highest BCUT2D eigenvalue weighted by molar-refractivity contribution is 7.92. The Morgan fingerprint density at radius 2 is 2.04 bits per heavy atom. The van der Waals surface area contributed by atoms with E-state index < -0.39 is 10.0 Å². The van der Waals surface area contributed by atoms with E-state index in [1.165, 1.54) is 23.5 Å². The summed E-state index contributed by atoms with van der Waals surface area (Å²) >= 11 is 7.46. The molecule has 3 heterocycles. The van der Waals surface area contributed by atoms with Gasteiger partial charge < -0.3 is 0 Å². The average Bonchev–Trinajstić information content (AvgIpc) is 3.22. The Hall–Kier alpha value is -2.42. The maximum absolute atomic E-state index is 12.9. The number of aryl methyl sites for hydroxylation is 2. The largest absolute Gasteiger partial charge is 0.285 e. The van der Waals surface area contributed by atoms with Crippen LogP contribution in [-0.2, 0) is 10.0 Å². The number of aromatic nitrogens is 3. The van der Waals surface area contributed by atoms with Crippen LogP contribution in [0.2, 0.25) is 5.02 Å². The molecule has 1 aromatic carbocycles. The monoisotopic (exact) mass is 418 g/mol. The lowest BCUT2D eigenvalue weighted by Crippen LogP contribution is -2.13. The first kappa shape index (κ1) is 18.0. The molecule has 6 nitrogen and oxygen atoms in total. The van der Waals surface area contributed by atoms with Crippen molar-refractivity contribution in [3.05, 3.63) is 59.0 Å². The third-order valence-electron chi connectivity index (χ3n) is 4.14. The van der Waals surface area contributed by atoms with Crippen LogP contribution in [0.25, 0.3) is 20.7 Å². The molecule has 0 aliphatic heterocycles. The molecular weight excluding hydrogens is 404 g/mol. The standard InChI is InChI=1S/C18H15ClN4O2S2/c1-10-6-15(23-27(24,25)14-5-3-4-13(19)7-14)16-11(2)17(26-18(16)22-10)12-8-20-21-9-12/h3-9H,1-2H3,(H,20,21)(H,22,23). The molecular formula is C18H15ClN4O2S2. The lowest BCUT2D eigenvalue weighted by atomic mass is 10.1. The number of benzene rings is 1. The summed E-state index contributed by atoms with van der Waals surface area (Å²) in [5, 5.41) is 7.95. The third-order valence-corrected chi connectivity index (χ3v) is 6.97. The quantitative estimate of drug-likeness (QED) is 0.500. The Labute approximate surface area is 165 Å². The summed E-state index contributed by atoms with van der Waals surface area (Å²) in [6.07, 6.45) is 3.54. The molecule has 0 unspecified atom stereocenters. The summed E-state index contributed by atoms with van der Waals surface area (Å²) in [6, 6.07) is 7.92. The van der Waals surface area contributed by atoms with Crippen molar-refractivity contribution in [1.29, 1.82) is 0 Å². The van der Waals surface area contributed by atoms with Crippen molar-refractivity contribution >= 4 is 48.9 Å². The molecule has 0 bridgehead atoms. The minimum absolute atomic E-state index is 0.112. The minimum atomic E-state index is -3.78. The van der Waals surface area contributed by atoms with E-state index in [9.17, 15) is 8.42 Å². The number of fused-ring (bicyclic) bond motifs is 1. The van der Waals surface area contributed by atoms with Crippen LogP contribution in [-0.4, -0.2) is 23.6 Å². The lowest BCUT2D eigenvalue weighted by molar-refractivity contribution is 0.601. The number of H-pyrrole nitrogens is 1. The van der Waals surface area contributed by atoms with Crippen molar-refractivity contribution < 1.29 is 8.42 Å². The fraction of sp³-hybridized carbons (Fsp3) is 0.111. The maximum atomic E-state index is 12.9. The molecule has 0 aliphatic carbocycles. The molecule has 0 fully saturated rings. The number of aromatic amines is 1. The molecule has 4 aromatic rings. The van der Waals surface area contributed by atoms with Crippen molar-refractivity contribution in [2.75, 3.05) is 4.72 Å². The smallest absolute Gasteiger partial charge is 0.261 e. The second-order valence-electron chi connectivity index (χ2n) is 6.10. The van der Waals surface area contributed by atoms with E-state index >= 15 is 0 Å². The number of rotatable bonds is 4. The molecule has 2 N–H and O–H groups in total. The number of sulfonamides is 1. The van der Waals surface area contributed by atoms with Crippen molar-refractivity contribution in [2.24, 2.45) is 0 Å².